The second-order valence-electron chi connectivity index (χ2n) is 2.93. The van der Waals surface area contributed by atoms with Gasteiger partial charge in [0.1, 0.15) is 0 Å². The van der Waals surface area contributed by atoms with Crippen molar-refractivity contribution in [2.45, 2.75) is 6.04 Å². The molecule has 3 N–H and O–H groups in total. The van der Waals surface area contributed by atoms with Gasteiger partial charge in [0.05, 0.1) is 30.2 Å². The number of thiophene rings is 1. The van der Waals surface area contributed by atoms with Crippen LogP contribution in [0.4, 0.5) is 0 Å². The lowest BCUT2D eigenvalue weighted by molar-refractivity contribution is 0.0590. The minimum absolute atomic E-state index is 0.0145. The molecule has 0 radical (unpaired) electrons. The fraction of sp³-hybridized carbons (Fsp3) is 0.556. The molecule has 6 heteroatoms. The van der Waals surface area contributed by atoms with E-state index < -0.39 is 0 Å². The summed E-state index contributed by atoms with van der Waals surface area (Å²) in [6, 6.07) is 3.78. The molecule has 0 saturated carbocycles. The molecule has 1 aromatic heterocycles. The van der Waals surface area contributed by atoms with Crippen molar-refractivity contribution in [2.75, 3.05) is 26.9 Å². The molecule has 0 bridgehead atoms. The van der Waals surface area contributed by atoms with Crippen molar-refractivity contribution in [3.63, 3.8) is 0 Å². The molecular weight excluding hydrogens is 236 g/mol. The minimum atomic E-state index is -0.0145. The second kappa shape index (κ2) is 7.16. The Bertz CT molecular complexity index is 283. The first-order chi connectivity index (χ1) is 7.27. The van der Waals surface area contributed by atoms with E-state index in [1.807, 2.05) is 12.1 Å². The molecule has 0 aliphatic rings. The Kier molecular flexibility index (Phi) is 6.16. The van der Waals surface area contributed by atoms with E-state index >= 15 is 0 Å². The number of ether oxygens (including phenoxy) is 2. The van der Waals surface area contributed by atoms with Gasteiger partial charge in [-0.15, -0.1) is 11.3 Å². The maximum absolute atomic E-state index is 5.83. The van der Waals surface area contributed by atoms with Crippen LogP contribution in [0.3, 0.4) is 0 Å². The normalized spacial score (nSPS) is 13.0. The van der Waals surface area contributed by atoms with Gasteiger partial charge in [0.15, 0.2) is 0 Å². The lowest BCUT2D eigenvalue weighted by Gasteiger charge is -2.14. The zero-order valence-electron chi connectivity index (χ0n) is 8.53. The van der Waals surface area contributed by atoms with Gasteiger partial charge in [-0.3, -0.25) is 5.84 Å². The number of rotatable bonds is 7. The van der Waals surface area contributed by atoms with Crippen LogP contribution in [-0.2, 0) is 9.47 Å². The van der Waals surface area contributed by atoms with Crippen molar-refractivity contribution < 1.29 is 9.47 Å². The van der Waals surface area contributed by atoms with E-state index in [1.165, 1.54) is 11.3 Å². The summed E-state index contributed by atoms with van der Waals surface area (Å²) in [4.78, 5) is 1.07. The highest BCUT2D eigenvalue weighted by molar-refractivity contribution is 7.16. The van der Waals surface area contributed by atoms with Gasteiger partial charge >= 0.3 is 0 Å². The monoisotopic (exact) mass is 250 g/mol. The van der Waals surface area contributed by atoms with Crippen molar-refractivity contribution >= 4 is 22.9 Å². The Balaban J connectivity index is 2.35. The molecule has 1 atom stereocenters. The van der Waals surface area contributed by atoms with Gasteiger partial charge in [0.25, 0.3) is 0 Å². The molecule has 1 aromatic rings. The first kappa shape index (κ1) is 12.9. The number of nitrogens with two attached hydrogens (primary N) is 1. The van der Waals surface area contributed by atoms with Crippen LogP contribution < -0.4 is 11.3 Å². The molecule has 15 heavy (non-hydrogen) atoms. The molecule has 1 rings (SSSR count). The summed E-state index contributed by atoms with van der Waals surface area (Å²) in [7, 11) is 1.64. The molecule has 0 fully saturated rings. The second-order valence-corrected chi connectivity index (χ2v) is 4.68. The van der Waals surface area contributed by atoms with E-state index in [4.69, 9.17) is 26.9 Å². The zero-order chi connectivity index (χ0) is 11.1. The molecular formula is C9H15ClN2O2S. The number of hydrogen-bond acceptors (Lipinski definition) is 5. The zero-order valence-corrected chi connectivity index (χ0v) is 10.1. The topological polar surface area (TPSA) is 56.5 Å². The van der Waals surface area contributed by atoms with Gasteiger partial charge in [-0.05, 0) is 12.1 Å². The molecule has 4 nitrogen and oxygen atoms in total. The van der Waals surface area contributed by atoms with E-state index in [0.29, 0.717) is 19.8 Å². The predicted molar refractivity (Wildman–Crippen MR) is 62.1 cm³/mol. The molecule has 0 amide bonds. The summed E-state index contributed by atoms with van der Waals surface area (Å²) in [6.07, 6.45) is 0. The van der Waals surface area contributed by atoms with Gasteiger partial charge in [-0.1, -0.05) is 11.6 Å². The largest absolute Gasteiger partial charge is 0.382 e. The third-order valence-electron chi connectivity index (χ3n) is 1.85. The molecule has 0 spiro atoms. The van der Waals surface area contributed by atoms with E-state index in [0.717, 1.165) is 9.21 Å². The van der Waals surface area contributed by atoms with Gasteiger partial charge in [-0.2, -0.15) is 0 Å². The van der Waals surface area contributed by atoms with Crippen LogP contribution in [-0.4, -0.2) is 26.9 Å². The average Bonchev–Trinajstić information content (AvgIpc) is 2.65. The minimum Gasteiger partial charge on any atom is -0.382 e. The van der Waals surface area contributed by atoms with Crippen molar-refractivity contribution in [1.29, 1.82) is 0 Å². The Morgan fingerprint density at radius 2 is 2.33 bits per heavy atom. The van der Waals surface area contributed by atoms with Crippen LogP contribution in [0.15, 0.2) is 12.1 Å². The van der Waals surface area contributed by atoms with E-state index in [1.54, 1.807) is 7.11 Å². The summed E-state index contributed by atoms with van der Waals surface area (Å²) in [5.74, 6) is 5.43. The van der Waals surface area contributed by atoms with Crippen LogP contribution in [0.5, 0.6) is 0 Å². The van der Waals surface area contributed by atoms with Crippen molar-refractivity contribution in [3.05, 3.63) is 21.3 Å². The number of hydrogen-bond donors (Lipinski definition) is 2. The van der Waals surface area contributed by atoms with E-state index in [9.17, 15) is 0 Å². The van der Waals surface area contributed by atoms with Crippen LogP contribution >= 0.6 is 22.9 Å². The van der Waals surface area contributed by atoms with Crippen molar-refractivity contribution in [1.82, 2.24) is 5.43 Å². The highest BCUT2D eigenvalue weighted by Gasteiger charge is 2.11. The van der Waals surface area contributed by atoms with Crippen molar-refractivity contribution in [2.24, 2.45) is 5.84 Å². The Morgan fingerprint density at radius 1 is 1.53 bits per heavy atom. The Labute approximate surface area is 98.3 Å². The highest BCUT2D eigenvalue weighted by Crippen LogP contribution is 2.26. The lowest BCUT2D eigenvalue weighted by atomic mass is 10.3. The van der Waals surface area contributed by atoms with Crippen LogP contribution in [0.25, 0.3) is 0 Å². The summed E-state index contributed by atoms with van der Waals surface area (Å²) >= 11 is 7.33. The van der Waals surface area contributed by atoms with E-state index in [-0.39, 0.29) is 6.04 Å². The van der Waals surface area contributed by atoms with Crippen LogP contribution in [0.1, 0.15) is 10.9 Å². The molecule has 0 aliphatic heterocycles. The molecule has 0 aliphatic carbocycles. The van der Waals surface area contributed by atoms with Gasteiger partial charge in [-0.25, -0.2) is 5.43 Å². The standard InChI is InChI=1S/C9H15ClN2O2S/c1-13-4-5-14-6-7(12-11)8-2-3-9(10)15-8/h2-3,7,12H,4-6,11H2,1H3. The summed E-state index contributed by atoms with van der Waals surface area (Å²) in [5.41, 5.74) is 2.69. The van der Waals surface area contributed by atoms with Gasteiger partial charge in [0, 0.05) is 12.0 Å². The Hall–Kier alpha value is -0.170. The summed E-state index contributed by atoms with van der Waals surface area (Å²) in [5, 5.41) is 0. The van der Waals surface area contributed by atoms with E-state index in [2.05, 4.69) is 5.43 Å². The third-order valence-corrected chi connectivity index (χ3v) is 3.20. The van der Waals surface area contributed by atoms with Crippen LogP contribution in [0, 0.1) is 0 Å². The summed E-state index contributed by atoms with van der Waals surface area (Å²) in [6.45, 7) is 1.66. The fourth-order valence-corrected chi connectivity index (χ4v) is 2.18. The predicted octanol–water partition coefficient (Wildman–Crippen LogP) is 1.57. The lowest BCUT2D eigenvalue weighted by Crippen LogP contribution is -2.31. The maximum Gasteiger partial charge on any atom is 0.0931 e. The quantitative estimate of drug-likeness (QED) is 0.438. The number of methoxy groups -OCH3 is 1. The SMILES string of the molecule is COCCOCC(NN)c1ccc(Cl)s1. The van der Waals surface area contributed by atoms with Gasteiger partial charge in [0.2, 0.25) is 0 Å². The number of nitrogens with one attached hydrogen (secondary N) is 1. The highest BCUT2D eigenvalue weighted by atomic mass is 35.5. The first-order valence-electron chi connectivity index (χ1n) is 4.56. The summed E-state index contributed by atoms with van der Waals surface area (Å²) < 4.78 is 11.0. The maximum atomic E-state index is 5.83. The molecule has 1 unspecified atom stereocenters. The molecule has 0 aromatic carbocycles. The van der Waals surface area contributed by atoms with Crippen molar-refractivity contribution in [3.8, 4) is 0 Å². The Morgan fingerprint density at radius 3 is 2.87 bits per heavy atom. The van der Waals surface area contributed by atoms with Gasteiger partial charge < -0.3 is 9.47 Å². The molecule has 0 saturated heterocycles. The third kappa shape index (κ3) is 4.46. The molecule has 86 valence electrons. The smallest absolute Gasteiger partial charge is 0.0931 e. The first-order valence-corrected chi connectivity index (χ1v) is 5.75. The average molecular weight is 251 g/mol. The molecule has 1 heterocycles. The fourth-order valence-electron chi connectivity index (χ4n) is 1.07. The number of hydrazine groups is 1. The van der Waals surface area contributed by atoms with Crippen LogP contribution in [0.2, 0.25) is 4.34 Å². The number of halogens is 1.